The Balaban J connectivity index is 1.14. The molecule has 14 heteroatoms. The molecular formula is C36H44N8O5Si. The van der Waals surface area contributed by atoms with Gasteiger partial charge in [-0.2, -0.15) is 0 Å². The van der Waals surface area contributed by atoms with Crippen LogP contribution in [0.4, 0.5) is 17.2 Å². The third-order valence-corrected chi connectivity index (χ3v) is 10.6. The lowest BCUT2D eigenvalue weighted by Crippen LogP contribution is -2.36. The first-order chi connectivity index (χ1) is 24.1. The van der Waals surface area contributed by atoms with Gasteiger partial charge in [0.05, 0.1) is 42.1 Å². The van der Waals surface area contributed by atoms with Crippen LogP contribution in [-0.4, -0.2) is 96.2 Å². The van der Waals surface area contributed by atoms with Crippen LogP contribution in [0.15, 0.2) is 67.6 Å². The fourth-order valence-electron chi connectivity index (χ4n) is 6.05. The van der Waals surface area contributed by atoms with Crippen LogP contribution in [0, 0.1) is 5.92 Å². The van der Waals surface area contributed by atoms with E-state index in [4.69, 9.17) is 9.47 Å². The first-order valence-corrected chi connectivity index (χ1v) is 20.6. The Morgan fingerprint density at radius 1 is 1.00 bits per heavy atom. The van der Waals surface area contributed by atoms with Crippen LogP contribution < -0.4 is 15.5 Å². The van der Waals surface area contributed by atoms with Gasteiger partial charge in [-0.05, 0) is 54.4 Å². The zero-order valence-electron chi connectivity index (χ0n) is 28.9. The molecule has 6 rings (SSSR count). The molecular weight excluding hydrogens is 653 g/mol. The summed E-state index contributed by atoms with van der Waals surface area (Å²) in [7, 11) is -1.26. The summed E-state index contributed by atoms with van der Waals surface area (Å²) in [6, 6.07) is 14.0. The van der Waals surface area contributed by atoms with E-state index in [1.807, 2.05) is 24.3 Å². The van der Waals surface area contributed by atoms with E-state index in [9.17, 15) is 14.4 Å². The number of rotatable bonds is 12. The number of carbonyl (C=O) groups excluding carboxylic acids is 3. The molecule has 2 fully saturated rings. The summed E-state index contributed by atoms with van der Waals surface area (Å²) in [5.41, 5.74) is 3.99. The summed E-state index contributed by atoms with van der Waals surface area (Å²) < 4.78 is 13.9. The Labute approximate surface area is 292 Å². The summed E-state index contributed by atoms with van der Waals surface area (Å²) in [5.74, 6) is -0.174. The highest BCUT2D eigenvalue weighted by atomic mass is 28.3. The van der Waals surface area contributed by atoms with Crippen molar-refractivity contribution in [3.05, 3.63) is 73.3 Å². The molecule has 1 unspecified atom stereocenters. The molecule has 5 heterocycles. The normalized spacial score (nSPS) is 16.4. The third kappa shape index (κ3) is 8.26. The van der Waals surface area contributed by atoms with Gasteiger partial charge in [0.25, 0.3) is 5.91 Å². The summed E-state index contributed by atoms with van der Waals surface area (Å²) >= 11 is 0. The van der Waals surface area contributed by atoms with Gasteiger partial charge < -0.3 is 34.5 Å². The number of pyridine rings is 1. The second-order valence-corrected chi connectivity index (χ2v) is 19.4. The molecule has 0 saturated carbocycles. The maximum Gasteiger partial charge on any atom is 0.274 e. The van der Waals surface area contributed by atoms with Crippen LogP contribution in [0.2, 0.25) is 25.7 Å². The number of amides is 3. The Morgan fingerprint density at radius 2 is 1.76 bits per heavy atom. The minimum Gasteiger partial charge on any atom is -0.378 e. The molecule has 1 atom stereocenters. The molecule has 13 nitrogen and oxygen atoms in total. The molecule has 2 N–H and O–H groups in total. The van der Waals surface area contributed by atoms with Crippen LogP contribution in [0.3, 0.4) is 0 Å². The number of likely N-dealkylation sites (tertiary alicyclic amines) is 1. The van der Waals surface area contributed by atoms with Gasteiger partial charge in [-0.15, -0.1) is 0 Å². The second kappa shape index (κ2) is 15.3. The molecule has 4 aromatic rings. The molecule has 0 aliphatic carbocycles. The Morgan fingerprint density at radius 3 is 2.46 bits per heavy atom. The molecule has 3 aromatic heterocycles. The number of fused-ring (bicyclic) bond motifs is 1. The predicted molar refractivity (Wildman–Crippen MR) is 196 cm³/mol. The topological polar surface area (TPSA) is 144 Å². The molecule has 3 amide bonds. The van der Waals surface area contributed by atoms with E-state index >= 15 is 0 Å². The van der Waals surface area contributed by atoms with Gasteiger partial charge in [-0.3, -0.25) is 14.4 Å². The molecule has 2 aliphatic heterocycles. The van der Waals surface area contributed by atoms with Crippen molar-refractivity contribution in [3.8, 4) is 11.3 Å². The van der Waals surface area contributed by atoms with Crippen molar-refractivity contribution < 1.29 is 23.9 Å². The standard InChI is InChI=1S/C36H44N8O5Si/c1-5-32(45)43-13-12-26(22-43)35(46)41-28-10-11-30(37-21-28)36(47)40-27-8-6-25(7-9-27)31-20-29-33(42-14-16-48-17-15-42)38-23-39-34(29)44(31)24-49-18-19-50(2,3)4/h5-11,20-21,23,26H,1,12-19,22,24H2,2-4H3,(H,40,47)(H,41,46). The van der Waals surface area contributed by atoms with E-state index in [-0.39, 0.29) is 29.3 Å². The van der Waals surface area contributed by atoms with Gasteiger partial charge in [-0.25, -0.2) is 15.0 Å². The van der Waals surface area contributed by atoms with E-state index in [1.165, 1.54) is 12.3 Å². The largest absolute Gasteiger partial charge is 0.378 e. The second-order valence-electron chi connectivity index (χ2n) is 13.8. The van der Waals surface area contributed by atoms with E-state index in [2.05, 4.69) is 67.3 Å². The molecule has 50 heavy (non-hydrogen) atoms. The smallest absolute Gasteiger partial charge is 0.274 e. The number of aromatic nitrogens is 4. The number of hydrogen-bond acceptors (Lipinski definition) is 9. The molecule has 0 radical (unpaired) electrons. The number of carbonyl (C=O) groups is 3. The lowest BCUT2D eigenvalue weighted by molar-refractivity contribution is -0.125. The number of benzene rings is 1. The molecule has 262 valence electrons. The first-order valence-electron chi connectivity index (χ1n) is 16.9. The monoisotopic (exact) mass is 696 g/mol. The molecule has 2 saturated heterocycles. The van der Waals surface area contributed by atoms with Gasteiger partial charge >= 0.3 is 0 Å². The highest BCUT2D eigenvalue weighted by molar-refractivity contribution is 6.76. The number of ether oxygens (including phenoxy) is 2. The van der Waals surface area contributed by atoms with Crippen molar-refractivity contribution in [1.29, 1.82) is 0 Å². The van der Waals surface area contributed by atoms with Crippen molar-refractivity contribution in [3.63, 3.8) is 0 Å². The lowest BCUT2D eigenvalue weighted by atomic mass is 10.1. The summed E-state index contributed by atoms with van der Waals surface area (Å²) in [4.78, 5) is 55.1. The van der Waals surface area contributed by atoms with E-state index in [1.54, 1.807) is 23.4 Å². The van der Waals surface area contributed by atoms with Crippen LogP contribution in [0.25, 0.3) is 22.3 Å². The third-order valence-electron chi connectivity index (χ3n) is 8.94. The SMILES string of the molecule is C=CC(=O)N1CCC(C(=O)Nc2ccc(C(=O)Nc3ccc(-c4cc5c(N6CCOCC6)ncnc5n4COCC[Si](C)(C)C)cc3)nc2)C1. The van der Waals surface area contributed by atoms with Crippen molar-refractivity contribution in [2.75, 3.05) is 61.5 Å². The maximum absolute atomic E-state index is 13.1. The van der Waals surface area contributed by atoms with Crippen LogP contribution in [-0.2, 0) is 25.8 Å². The lowest BCUT2D eigenvalue weighted by Gasteiger charge is -2.28. The van der Waals surface area contributed by atoms with Gasteiger partial charge in [0.15, 0.2) is 0 Å². The van der Waals surface area contributed by atoms with Crippen LogP contribution in [0.1, 0.15) is 16.9 Å². The van der Waals surface area contributed by atoms with Crippen LogP contribution in [0.5, 0.6) is 0 Å². The fraction of sp³-hybridized carbons (Fsp3) is 0.389. The van der Waals surface area contributed by atoms with Crippen molar-refractivity contribution in [1.82, 2.24) is 24.4 Å². The van der Waals surface area contributed by atoms with Gasteiger partial charge in [-0.1, -0.05) is 38.4 Å². The highest BCUT2D eigenvalue weighted by Gasteiger charge is 2.30. The predicted octanol–water partition coefficient (Wildman–Crippen LogP) is 4.87. The first kappa shape index (κ1) is 34.9. The van der Waals surface area contributed by atoms with Gasteiger partial charge in [0, 0.05) is 46.5 Å². The summed E-state index contributed by atoms with van der Waals surface area (Å²) in [5, 5.41) is 6.70. The van der Waals surface area contributed by atoms with E-state index in [0.717, 1.165) is 47.2 Å². The maximum atomic E-state index is 13.1. The Kier molecular flexibility index (Phi) is 10.7. The van der Waals surface area contributed by atoms with Crippen LogP contribution >= 0.6 is 0 Å². The zero-order valence-corrected chi connectivity index (χ0v) is 29.9. The number of morpholine rings is 1. The van der Waals surface area contributed by atoms with Crippen molar-refractivity contribution >= 4 is 54.0 Å². The van der Waals surface area contributed by atoms with Gasteiger partial charge in [0.2, 0.25) is 11.8 Å². The molecule has 1 aromatic carbocycles. The average molecular weight is 697 g/mol. The molecule has 2 aliphatic rings. The fourth-order valence-corrected chi connectivity index (χ4v) is 6.81. The number of anilines is 3. The van der Waals surface area contributed by atoms with Crippen molar-refractivity contribution in [2.45, 2.75) is 38.8 Å². The minimum absolute atomic E-state index is 0.180. The highest BCUT2D eigenvalue weighted by Crippen LogP contribution is 2.33. The quantitative estimate of drug-likeness (QED) is 0.121. The zero-order chi connectivity index (χ0) is 35.3. The Hall–Kier alpha value is -4.92. The average Bonchev–Trinajstić information content (AvgIpc) is 3.76. The van der Waals surface area contributed by atoms with E-state index in [0.29, 0.717) is 57.4 Å². The van der Waals surface area contributed by atoms with Gasteiger partial charge in [0.1, 0.15) is 30.2 Å². The minimum atomic E-state index is -1.26. The molecule has 0 bridgehead atoms. The summed E-state index contributed by atoms with van der Waals surface area (Å²) in [6.07, 6.45) is 4.90. The molecule has 0 spiro atoms. The van der Waals surface area contributed by atoms with E-state index < -0.39 is 8.07 Å². The van der Waals surface area contributed by atoms with Crippen molar-refractivity contribution in [2.24, 2.45) is 5.92 Å². The number of nitrogens with zero attached hydrogens (tertiary/aromatic N) is 6. The summed E-state index contributed by atoms with van der Waals surface area (Å²) in [6.45, 7) is 15.3. The Bertz CT molecular complexity index is 1850. The number of hydrogen-bond donors (Lipinski definition) is 2. The number of nitrogens with one attached hydrogen (secondary N) is 2.